The highest BCUT2D eigenvalue weighted by molar-refractivity contribution is 5.94. The zero-order valence-corrected chi connectivity index (χ0v) is 17.9. The predicted octanol–water partition coefficient (Wildman–Crippen LogP) is 5.02. The number of rotatable bonds is 4. The van der Waals surface area contributed by atoms with Gasteiger partial charge in [-0.3, -0.25) is 4.79 Å². The van der Waals surface area contributed by atoms with Crippen molar-refractivity contribution in [1.82, 2.24) is 15.0 Å². The van der Waals surface area contributed by atoms with E-state index in [9.17, 15) is 4.79 Å². The van der Waals surface area contributed by atoms with Crippen molar-refractivity contribution < 1.29 is 14.1 Å². The highest BCUT2D eigenvalue weighted by Crippen LogP contribution is 2.34. The number of hydrogen-bond donors (Lipinski definition) is 0. The summed E-state index contributed by atoms with van der Waals surface area (Å²) in [5.41, 5.74) is 2.79. The van der Waals surface area contributed by atoms with Crippen LogP contribution >= 0.6 is 0 Å². The molecule has 1 aromatic heterocycles. The lowest BCUT2D eigenvalue weighted by Gasteiger charge is -2.23. The molecule has 0 bridgehead atoms. The average Bonchev–Trinajstić information content (AvgIpc) is 3.42. The molecule has 0 N–H and O–H groups in total. The van der Waals surface area contributed by atoms with Crippen LogP contribution in [0, 0.1) is 0 Å². The van der Waals surface area contributed by atoms with E-state index in [1.807, 2.05) is 53.4 Å². The van der Waals surface area contributed by atoms with Gasteiger partial charge < -0.3 is 14.2 Å². The van der Waals surface area contributed by atoms with Crippen molar-refractivity contribution in [3.05, 3.63) is 65.5 Å². The normalized spacial score (nSPS) is 16.7. The molecule has 1 aliphatic heterocycles. The molecule has 0 radical (unpaired) electrons. The molecule has 1 amide bonds. The summed E-state index contributed by atoms with van der Waals surface area (Å²) in [5, 5.41) is 4.13. The van der Waals surface area contributed by atoms with E-state index in [0.29, 0.717) is 23.8 Å². The Hall–Kier alpha value is -3.15. The Morgan fingerprint density at radius 1 is 1.10 bits per heavy atom. The highest BCUT2D eigenvalue weighted by atomic mass is 16.5. The van der Waals surface area contributed by atoms with E-state index in [1.165, 1.54) is 5.56 Å². The van der Waals surface area contributed by atoms with Gasteiger partial charge in [-0.1, -0.05) is 38.1 Å². The SMILES string of the molecule is COc1ccc(-c2noc([C@H]3CCCN3C(=O)c3ccc(C(C)(C)C)cc3)n2)cc1. The number of carbonyl (C=O) groups excluding carboxylic acids is 1. The van der Waals surface area contributed by atoms with E-state index in [0.717, 1.165) is 24.2 Å². The second-order valence-corrected chi connectivity index (χ2v) is 8.67. The van der Waals surface area contributed by atoms with Gasteiger partial charge in [0, 0.05) is 17.7 Å². The first kappa shape index (κ1) is 20.1. The van der Waals surface area contributed by atoms with Gasteiger partial charge >= 0.3 is 0 Å². The maximum absolute atomic E-state index is 13.2. The van der Waals surface area contributed by atoms with Gasteiger partial charge in [0.15, 0.2) is 0 Å². The smallest absolute Gasteiger partial charge is 0.254 e. The molecule has 3 aromatic rings. The molecule has 0 aliphatic carbocycles. The Kier molecular flexibility index (Phi) is 5.33. The van der Waals surface area contributed by atoms with Crippen LogP contribution in [0.5, 0.6) is 5.75 Å². The molecule has 6 nitrogen and oxygen atoms in total. The number of methoxy groups -OCH3 is 1. The van der Waals surface area contributed by atoms with Crippen molar-refractivity contribution >= 4 is 5.91 Å². The van der Waals surface area contributed by atoms with Crippen LogP contribution < -0.4 is 4.74 Å². The van der Waals surface area contributed by atoms with Gasteiger partial charge in [0.05, 0.1) is 7.11 Å². The quantitative estimate of drug-likeness (QED) is 0.610. The molecule has 0 unspecified atom stereocenters. The standard InChI is InChI=1S/C24H27N3O3/c1-24(2,3)18-11-7-17(8-12-18)23(28)27-15-5-6-20(27)22-25-21(26-30-22)16-9-13-19(29-4)14-10-16/h7-14,20H,5-6,15H2,1-4H3/t20-/m1/s1. The van der Waals surface area contributed by atoms with Crippen molar-refractivity contribution in [2.75, 3.05) is 13.7 Å². The molecule has 6 heteroatoms. The topological polar surface area (TPSA) is 68.5 Å². The fourth-order valence-electron chi connectivity index (χ4n) is 3.77. The van der Waals surface area contributed by atoms with Crippen LogP contribution in [-0.2, 0) is 5.41 Å². The van der Waals surface area contributed by atoms with Crippen LogP contribution in [0.15, 0.2) is 53.1 Å². The number of nitrogens with zero attached hydrogens (tertiary/aromatic N) is 3. The molecule has 1 aliphatic rings. The van der Waals surface area contributed by atoms with Gasteiger partial charge in [-0.25, -0.2) is 0 Å². The summed E-state index contributed by atoms with van der Waals surface area (Å²) in [7, 11) is 1.63. The van der Waals surface area contributed by atoms with Crippen LogP contribution in [0.3, 0.4) is 0 Å². The van der Waals surface area contributed by atoms with E-state index in [1.54, 1.807) is 7.11 Å². The molecule has 156 valence electrons. The fraction of sp³-hybridized carbons (Fsp3) is 0.375. The first-order valence-electron chi connectivity index (χ1n) is 10.3. The van der Waals surface area contributed by atoms with Gasteiger partial charge in [-0.05, 0) is 60.2 Å². The van der Waals surface area contributed by atoms with Crippen molar-refractivity contribution in [2.24, 2.45) is 0 Å². The van der Waals surface area contributed by atoms with E-state index < -0.39 is 0 Å². The molecule has 4 rings (SSSR count). The largest absolute Gasteiger partial charge is 0.497 e. The minimum absolute atomic E-state index is 0.00200. The summed E-state index contributed by atoms with van der Waals surface area (Å²) in [5.74, 6) is 1.77. The molecule has 2 heterocycles. The minimum atomic E-state index is -0.195. The summed E-state index contributed by atoms with van der Waals surface area (Å²) in [4.78, 5) is 19.6. The third-order valence-corrected chi connectivity index (χ3v) is 5.59. The second kappa shape index (κ2) is 7.94. The Bertz CT molecular complexity index is 1020. The average molecular weight is 405 g/mol. The van der Waals surface area contributed by atoms with Crippen LogP contribution in [0.2, 0.25) is 0 Å². The predicted molar refractivity (Wildman–Crippen MR) is 114 cm³/mol. The highest BCUT2D eigenvalue weighted by Gasteiger charge is 2.34. The van der Waals surface area contributed by atoms with Gasteiger partial charge in [0.25, 0.3) is 5.91 Å². The molecule has 0 saturated carbocycles. The third kappa shape index (κ3) is 3.95. The Balaban J connectivity index is 1.53. The fourth-order valence-corrected chi connectivity index (χ4v) is 3.77. The maximum Gasteiger partial charge on any atom is 0.254 e. The Morgan fingerprint density at radius 2 is 1.80 bits per heavy atom. The monoisotopic (exact) mass is 405 g/mol. The molecule has 1 atom stereocenters. The number of aromatic nitrogens is 2. The molecule has 30 heavy (non-hydrogen) atoms. The number of hydrogen-bond acceptors (Lipinski definition) is 5. The third-order valence-electron chi connectivity index (χ3n) is 5.59. The number of benzene rings is 2. The van der Waals surface area contributed by atoms with Crippen LogP contribution in [0.4, 0.5) is 0 Å². The Labute approximate surface area is 176 Å². The van der Waals surface area contributed by atoms with E-state index in [2.05, 4.69) is 30.9 Å². The summed E-state index contributed by atoms with van der Waals surface area (Å²) >= 11 is 0. The molecular weight excluding hydrogens is 378 g/mol. The maximum atomic E-state index is 13.2. The lowest BCUT2D eigenvalue weighted by Crippen LogP contribution is -2.30. The number of amides is 1. The first-order valence-corrected chi connectivity index (χ1v) is 10.3. The van der Waals surface area contributed by atoms with Gasteiger partial charge in [0.2, 0.25) is 11.7 Å². The van der Waals surface area contributed by atoms with Crippen LogP contribution in [0.1, 0.15) is 61.5 Å². The van der Waals surface area contributed by atoms with Gasteiger partial charge in [-0.2, -0.15) is 4.98 Å². The van der Waals surface area contributed by atoms with E-state index in [-0.39, 0.29) is 17.4 Å². The molecule has 0 spiro atoms. The zero-order valence-electron chi connectivity index (χ0n) is 17.9. The summed E-state index contributed by atoms with van der Waals surface area (Å²) < 4.78 is 10.7. The van der Waals surface area contributed by atoms with Crippen molar-refractivity contribution in [3.8, 4) is 17.1 Å². The van der Waals surface area contributed by atoms with Crippen molar-refractivity contribution in [2.45, 2.75) is 45.1 Å². The van der Waals surface area contributed by atoms with Crippen molar-refractivity contribution in [3.63, 3.8) is 0 Å². The lowest BCUT2D eigenvalue weighted by atomic mass is 9.86. The molecule has 1 saturated heterocycles. The summed E-state index contributed by atoms with van der Waals surface area (Å²) in [6.45, 7) is 7.17. The van der Waals surface area contributed by atoms with Crippen LogP contribution in [-0.4, -0.2) is 34.6 Å². The van der Waals surface area contributed by atoms with Gasteiger partial charge in [0.1, 0.15) is 11.8 Å². The zero-order chi connectivity index (χ0) is 21.3. The summed E-state index contributed by atoms with van der Waals surface area (Å²) in [6, 6.07) is 15.2. The lowest BCUT2D eigenvalue weighted by molar-refractivity contribution is 0.0710. The molecule has 2 aromatic carbocycles. The van der Waals surface area contributed by atoms with E-state index >= 15 is 0 Å². The second-order valence-electron chi connectivity index (χ2n) is 8.67. The number of likely N-dealkylation sites (tertiary alicyclic amines) is 1. The van der Waals surface area contributed by atoms with Crippen molar-refractivity contribution in [1.29, 1.82) is 0 Å². The first-order chi connectivity index (χ1) is 14.4. The number of carbonyl (C=O) groups is 1. The van der Waals surface area contributed by atoms with E-state index in [4.69, 9.17) is 9.26 Å². The minimum Gasteiger partial charge on any atom is -0.497 e. The summed E-state index contributed by atoms with van der Waals surface area (Å²) in [6.07, 6.45) is 1.73. The molecule has 1 fully saturated rings. The number of ether oxygens (including phenoxy) is 1. The Morgan fingerprint density at radius 3 is 2.43 bits per heavy atom. The van der Waals surface area contributed by atoms with Gasteiger partial charge in [-0.15, -0.1) is 0 Å². The van der Waals surface area contributed by atoms with Crippen LogP contribution in [0.25, 0.3) is 11.4 Å². The molecular formula is C24H27N3O3.